The molecular formula is C9H20N4O2. The molecule has 0 saturated heterocycles. The van der Waals surface area contributed by atoms with Gasteiger partial charge in [-0.05, 0) is 19.9 Å². The standard InChI is InChI=1S/C9H20N4O2/c1-11-7(8(14)15-3)5-4-6-13-9(10)12-2/h7,11H,4-6H2,1-3H3,(H3,10,12,13). The van der Waals surface area contributed by atoms with Gasteiger partial charge in [0, 0.05) is 13.6 Å². The average molecular weight is 216 g/mol. The summed E-state index contributed by atoms with van der Waals surface area (Å²) in [5.41, 5.74) is 0. The van der Waals surface area contributed by atoms with E-state index in [-0.39, 0.29) is 18.0 Å². The maximum absolute atomic E-state index is 11.2. The predicted octanol–water partition coefficient (Wildman–Crippen LogP) is -0.729. The first-order valence-electron chi connectivity index (χ1n) is 4.91. The Labute approximate surface area is 90.3 Å². The van der Waals surface area contributed by atoms with E-state index >= 15 is 0 Å². The highest BCUT2D eigenvalue weighted by Gasteiger charge is 2.15. The number of carbonyl (C=O) groups is 1. The van der Waals surface area contributed by atoms with Crippen LogP contribution in [-0.2, 0) is 9.53 Å². The predicted molar refractivity (Wildman–Crippen MR) is 58.9 cm³/mol. The highest BCUT2D eigenvalue weighted by Crippen LogP contribution is 1.97. The van der Waals surface area contributed by atoms with Crippen molar-refractivity contribution >= 4 is 11.9 Å². The molecule has 15 heavy (non-hydrogen) atoms. The van der Waals surface area contributed by atoms with E-state index in [9.17, 15) is 4.79 Å². The lowest BCUT2D eigenvalue weighted by molar-refractivity contribution is -0.143. The molecule has 0 aromatic carbocycles. The van der Waals surface area contributed by atoms with Gasteiger partial charge >= 0.3 is 5.97 Å². The molecule has 0 aliphatic heterocycles. The molecule has 1 atom stereocenters. The summed E-state index contributed by atoms with van der Waals surface area (Å²) < 4.78 is 4.63. The summed E-state index contributed by atoms with van der Waals surface area (Å²) in [6.45, 7) is 0.662. The number of likely N-dealkylation sites (N-methyl/N-ethyl adjacent to an activating group) is 1. The lowest BCUT2D eigenvalue weighted by Crippen LogP contribution is -2.37. The van der Waals surface area contributed by atoms with Crippen molar-refractivity contribution in [2.24, 2.45) is 0 Å². The molecule has 6 nitrogen and oxygen atoms in total. The molecule has 6 heteroatoms. The summed E-state index contributed by atoms with van der Waals surface area (Å²) in [6, 6.07) is -0.263. The van der Waals surface area contributed by atoms with Crippen LogP contribution in [0.15, 0.2) is 0 Å². The molecule has 0 heterocycles. The number of guanidine groups is 1. The van der Waals surface area contributed by atoms with E-state index < -0.39 is 0 Å². The SMILES string of the molecule is CNC(=N)NCCCC(NC)C(=O)OC. The molecule has 0 fully saturated rings. The molecular weight excluding hydrogens is 196 g/mol. The number of esters is 1. The van der Waals surface area contributed by atoms with E-state index in [2.05, 4.69) is 20.7 Å². The minimum Gasteiger partial charge on any atom is -0.468 e. The third-order valence-electron chi connectivity index (χ3n) is 2.06. The second kappa shape index (κ2) is 8.05. The van der Waals surface area contributed by atoms with Gasteiger partial charge in [0.25, 0.3) is 0 Å². The number of carbonyl (C=O) groups excluding carboxylic acids is 1. The Hall–Kier alpha value is -1.30. The lowest BCUT2D eigenvalue weighted by Gasteiger charge is -2.13. The summed E-state index contributed by atoms with van der Waals surface area (Å²) in [5.74, 6) is 0.0373. The van der Waals surface area contributed by atoms with Crippen LogP contribution < -0.4 is 16.0 Å². The Bertz CT molecular complexity index is 208. The van der Waals surface area contributed by atoms with Crippen LogP contribution >= 0.6 is 0 Å². The van der Waals surface area contributed by atoms with Gasteiger partial charge in [-0.25, -0.2) is 0 Å². The molecule has 0 aliphatic carbocycles. The average Bonchev–Trinajstić information content (AvgIpc) is 2.27. The zero-order chi connectivity index (χ0) is 11.7. The Morgan fingerprint density at radius 2 is 2.13 bits per heavy atom. The summed E-state index contributed by atoms with van der Waals surface area (Å²) in [5, 5.41) is 15.7. The molecule has 1 unspecified atom stereocenters. The number of ether oxygens (including phenoxy) is 1. The molecule has 0 amide bonds. The molecule has 0 radical (unpaired) electrons. The van der Waals surface area contributed by atoms with Crippen molar-refractivity contribution in [3.05, 3.63) is 0 Å². The van der Waals surface area contributed by atoms with Crippen molar-refractivity contribution in [2.75, 3.05) is 27.7 Å². The Kier molecular flexibility index (Phi) is 7.35. The molecule has 0 rings (SSSR count). The first-order chi connectivity index (χ1) is 7.15. The molecule has 0 aromatic rings. The largest absolute Gasteiger partial charge is 0.468 e. The van der Waals surface area contributed by atoms with E-state index in [0.717, 1.165) is 6.42 Å². The highest BCUT2D eigenvalue weighted by atomic mass is 16.5. The van der Waals surface area contributed by atoms with Gasteiger partial charge in [0.05, 0.1) is 7.11 Å². The molecule has 0 bridgehead atoms. The van der Waals surface area contributed by atoms with Gasteiger partial charge in [-0.1, -0.05) is 0 Å². The zero-order valence-electron chi connectivity index (χ0n) is 9.52. The van der Waals surface area contributed by atoms with Crippen molar-refractivity contribution in [3.63, 3.8) is 0 Å². The van der Waals surface area contributed by atoms with E-state index in [4.69, 9.17) is 5.41 Å². The fourth-order valence-electron chi connectivity index (χ4n) is 1.13. The van der Waals surface area contributed by atoms with Gasteiger partial charge < -0.3 is 20.7 Å². The van der Waals surface area contributed by atoms with Crippen molar-refractivity contribution < 1.29 is 9.53 Å². The fourth-order valence-corrected chi connectivity index (χ4v) is 1.13. The topological polar surface area (TPSA) is 86.2 Å². The van der Waals surface area contributed by atoms with Crippen molar-refractivity contribution in [2.45, 2.75) is 18.9 Å². The first kappa shape index (κ1) is 13.7. The number of nitrogens with one attached hydrogen (secondary N) is 4. The Balaban J connectivity index is 3.64. The van der Waals surface area contributed by atoms with E-state index in [1.54, 1.807) is 14.1 Å². The van der Waals surface area contributed by atoms with Crippen molar-refractivity contribution in [1.29, 1.82) is 5.41 Å². The van der Waals surface area contributed by atoms with Gasteiger partial charge in [-0.15, -0.1) is 0 Å². The Morgan fingerprint density at radius 3 is 2.60 bits per heavy atom. The maximum Gasteiger partial charge on any atom is 0.322 e. The monoisotopic (exact) mass is 216 g/mol. The first-order valence-corrected chi connectivity index (χ1v) is 4.91. The molecule has 0 spiro atoms. The maximum atomic E-state index is 11.2. The van der Waals surface area contributed by atoms with E-state index in [0.29, 0.717) is 13.0 Å². The number of rotatable bonds is 6. The lowest BCUT2D eigenvalue weighted by atomic mass is 10.1. The number of hydrogen-bond acceptors (Lipinski definition) is 4. The van der Waals surface area contributed by atoms with Gasteiger partial charge in [0.15, 0.2) is 5.96 Å². The van der Waals surface area contributed by atoms with Crippen molar-refractivity contribution in [1.82, 2.24) is 16.0 Å². The molecule has 88 valence electrons. The van der Waals surface area contributed by atoms with E-state index in [1.165, 1.54) is 7.11 Å². The molecule has 4 N–H and O–H groups in total. The van der Waals surface area contributed by atoms with Crippen LogP contribution in [-0.4, -0.2) is 45.7 Å². The molecule has 0 saturated carbocycles. The van der Waals surface area contributed by atoms with Crippen LogP contribution in [0.3, 0.4) is 0 Å². The van der Waals surface area contributed by atoms with Gasteiger partial charge in [-0.2, -0.15) is 0 Å². The van der Waals surface area contributed by atoms with Gasteiger partial charge in [-0.3, -0.25) is 10.2 Å². The van der Waals surface area contributed by atoms with Crippen LogP contribution in [0.25, 0.3) is 0 Å². The Morgan fingerprint density at radius 1 is 1.47 bits per heavy atom. The second-order valence-corrected chi connectivity index (χ2v) is 3.06. The van der Waals surface area contributed by atoms with E-state index in [1.807, 2.05) is 0 Å². The summed E-state index contributed by atoms with van der Waals surface area (Å²) in [4.78, 5) is 11.2. The van der Waals surface area contributed by atoms with Crippen LogP contribution in [0.1, 0.15) is 12.8 Å². The van der Waals surface area contributed by atoms with Crippen LogP contribution in [0, 0.1) is 5.41 Å². The van der Waals surface area contributed by atoms with Gasteiger partial charge in [0.1, 0.15) is 6.04 Å². The quantitative estimate of drug-likeness (QED) is 0.204. The third-order valence-corrected chi connectivity index (χ3v) is 2.06. The highest BCUT2D eigenvalue weighted by molar-refractivity contribution is 5.76. The van der Waals surface area contributed by atoms with Crippen LogP contribution in [0.5, 0.6) is 0 Å². The number of hydrogen-bond donors (Lipinski definition) is 4. The molecule has 0 aliphatic rings. The number of methoxy groups -OCH3 is 1. The smallest absolute Gasteiger partial charge is 0.322 e. The van der Waals surface area contributed by atoms with Crippen LogP contribution in [0.4, 0.5) is 0 Å². The van der Waals surface area contributed by atoms with Crippen molar-refractivity contribution in [3.8, 4) is 0 Å². The summed E-state index contributed by atoms with van der Waals surface area (Å²) in [6.07, 6.45) is 1.48. The minimum atomic E-state index is -0.263. The van der Waals surface area contributed by atoms with Gasteiger partial charge in [0.2, 0.25) is 0 Å². The molecule has 0 aromatic heterocycles. The minimum absolute atomic E-state index is 0.249. The zero-order valence-corrected chi connectivity index (χ0v) is 9.52. The fraction of sp³-hybridized carbons (Fsp3) is 0.778. The summed E-state index contributed by atoms with van der Waals surface area (Å²) >= 11 is 0. The summed E-state index contributed by atoms with van der Waals surface area (Å²) in [7, 11) is 4.78. The second-order valence-electron chi connectivity index (χ2n) is 3.06. The van der Waals surface area contributed by atoms with Crippen LogP contribution in [0.2, 0.25) is 0 Å². The normalized spacial score (nSPS) is 11.7. The third kappa shape index (κ3) is 5.90.